The molecule has 2 unspecified atom stereocenters. The van der Waals surface area contributed by atoms with Gasteiger partial charge in [-0.05, 0) is 13.3 Å². The van der Waals surface area contributed by atoms with E-state index >= 15 is 0 Å². The molecule has 0 aliphatic carbocycles. The molecule has 0 amide bonds. The summed E-state index contributed by atoms with van der Waals surface area (Å²) in [4.78, 5) is 34.9. The van der Waals surface area contributed by atoms with E-state index in [1.165, 1.54) is 70.6 Å². The Hall–Kier alpha value is -0.270. The Balaban J connectivity index is 0. The number of hydrogen-bond donors (Lipinski definition) is 3. The minimum absolute atomic E-state index is 0. The normalized spacial score (nSPS) is 13.8. The van der Waals surface area contributed by atoms with Gasteiger partial charge in [-0.2, -0.15) is 0 Å². The van der Waals surface area contributed by atoms with Crippen LogP contribution >= 0.6 is 0 Å². The maximum absolute atomic E-state index is 12.0. The first-order chi connectivity index (χ1) is 14.3. The summed E-state index contributed by atoms with van der Waals surface area (Å²) in [5.74, 6) is -3.51. The molecule has 0 heterocycles. The van der Waals surface area contributed by atoms with E-state index in [0.717, 1.165) is 26.2 Å². The number of carboxylic acids is 1. The Morgan fingerprint density at radius 2 is 1.10 bits per heavy atom. The number of aliphatic carboxylic acids is 1. The zero-order valence-electron chi connectivity index (χ0n) is 20.2. The molecule has 3 N–H and O–H groups in total. The first kappa shape index (κ1) is 32.9. The number of aliphatic hydroxyl groups excluding tert-OH is 1. The van der Waals surface area contributed by atoms with Gasteiger partial charge in [-0.3, -0.25) is 9.59 Å². The fraction of sp³-hybridized carbons (Fsp3) is 0.875. The smallest absolute Gasteiger partial charge is 0.344 e. The Bertz CT molecular complexity index is 494. The van der Waals surface area contributed by atoms with Crippen LogP contribution in [0.1, 0.15) is 123 Å². The zero-order valence-corrected chi connectivity index (χ0v) is 22.2. The van der Waals surface area contributed by atoms with E-state index in [2.05, 4.69) is 6.92 Å². The van der Waals surface area contributed by atoms with Crippen LogP contribution in [0.4, 0.5) is 0 Å². The predicted molar refractivity (Wildman–Crippen MR) is 124 cm³/mol. The molecule has 0 rings (SSSR count). The first-order valence-electron chi connectivity index (χ1n) is 12.0. The molecule has 0 aliphatic rings. The summed E-state index contributed by atoms with van der Waals surface area (Å²) in [5.41, 5.74) is -2.83. The molecule has 0 spiro atoms. The van der Waals surface area contributed by atoms with Gasteiger partial charge in [0, 0.05) is 36.0 Å². The second-order valence-corrected chi connectivity index (χ2v) is 8.62. The molecule has 31 heavy (non-hydrogen) atoms. The summed E-state index contributed by atoms with van der Waals surface area (Å²) in [6, 6.07) is 0. The molecular weight excluding hydrogens is 407 g/mol. The van der Waals surface area contributed by atoms with E-state index < -0.39 is 35.7 Å². The molecule has 0 aliphatic heterocycles. The zero-order chi connectivity index (χ0) is 22.8. The predicted octanol–water partition coefficient (Wildman–Crippen LogP) is 4.59. The van der Waals surface area contributed by atoms with Gasteiger partial charge in [0.05, 0.1) is 6.42 Å². The summed E-state index contributed by atoms with van der Waals surface area (Å²) in [7, 11) is 0. The van der Waals surface area contributed by atoms with Gasteiger partial charge in [-0.1, -0.05) is 96.8 Å². The van der Waals surface area contributed by atoms with Crippen LogP contribution in [0, 0.1) is 0 Å². The second-order valence-electron chi connectivity index (χ2n) is 8.62. The summed E-state index contributed by atoms with van der Waals surface area (Å²) in [6.07, 6.45) is 15.9. The Labute approximate surface area is 210 Å². The van der Waals surface area contributed by atoms with Crippen molar-refractivity contribution in [3.8, 4) is 0 Å². The molecule has 0 aromatic carbocycles. The number of hydrogen-bond acceptors (Lipinski definition) is 5. The van der Waals surface area contributed by atoms with Crippen molar-refractivity contribution in [3.05, 3.63) is 0 Å². The van der Waals surface area contributed by atoms with Gasteiger partial charge in [0.2, 0.25) is 11.4 Å². The summed E-state index contributed by atoms with van der Waals surface area (Å²) in [6.45, 7) is 3.32. The molecule has 2 atom stereocenters. The maximum Gasteiger partial charge on any atom is 0.344 e. The number of rotatable bonds is 21. The molecule has 0 bridgehead atoms. The number of carbonyl (C=O) groups excluding carboxylic acids is 2. The summed E-state index contributed by atoms with van der Waals surface area (Å²) in [5, 5.41) is 28.3. The Morgan fingerprint density at radius 1 is 0.742 bits per heavy atom. The third kappa shape index (κ3) is 16.1. The number of carbonyl (C=O) groups is 3. The standard InChI is InChI=1S/C24H44O6.Na/c1-3-4-5-6-7-8-9-10-11-12-13-14-15-16-17-18-21(26)19-24(30,23(28)29)22(27)20(2)25;/h20,25,30H,3-19H2,1-2H3,(H,28,29);. The van der Waals surface area contributed by atoms with Gasteiger partial charge < -0.3 is 15.3 Å². The van der Waals surface area contributed by atoms with Crippen LogP contribution in [0.25, 0.3) is 0 Å². The van der Waals surface area contributed by atoms with Crippen LogP contribution < -0.4 is 0 Å². The Morgan fingerprint density at radius 3 is 1.42 bits per heavy atom. The summed E-state index contributed by atoms with van der Waals surface area (Å²) >= 11 is 0. The molecule has 0 saturated heterocycles. The van der Waals surface area contributed by atoms with Gasteiger partial charge in [-0.25, -0.2) is 4.79 Å². The monoisotopic (exact) mass is 451 g/mol. The van der Waals surface area contributed by atoms with Crippen molar-refractivity contribution >= 4 is 47.1 Å². The average molecular weight is 452 g/mol. The molecule has 0 aromatic heterocycles. The minimum atomic E-state index is -2.83. The molecule has 7 heteroatoms. The van der Waals surface area contributed by atoms with Crippen molar-refractivity contribution < 1.29 is 29.7 Å². The van der Waals surface area contributed by atoms with Crippen molar-refractivity contribution in [2.24, 2.45) is 0 Å². The number of aliphatic hydroxyl groups is 2. The number of carboxylic acid groups (broad SMARTS) is 1. The van der Waals surface area contributed by atoms with Crippen molar-refractivity contribution in [1.29, 1.82) is 0 Å². The SMILES string of the molecule is CCCCCCCCCCCCCCCCCC(=O)CC(O)(C(=O)O)C(=O)C(C)O.[Na]. The van der Waals surface area contributed by atoms with Crippen LogP contribution in [0.5, 0.6) is 0 Å². The third-order valence-corrected chi connectivity index (χ3v) is 5.65. The van der Waals surface area contributed by atoms with Crippen LogP contribution in [-0.4, -0.2) is 74.1 Å². The molecule has 0 aromatic rings. The van der Waals surface area contributed by atoms with Gasteiger partial charge >= 0.3 is 5.97 Å². The van der Waals surface area contributed by atoms with Crippen molar-refractivity contribution in [2.75, 3.05) is 0 Å². The van der Waals surface area contributed by atoms with E-state index in [1.807, 2.05) is 0 Å². The third-order valence-electron chi connectivity index (χ3n) is 5.65. The van der Waals surface area contributed by atoms with Gasteiger partial charge in [0.1, 0.15) is 11.9 Å². The van der Waals surface area contributed by atoms with E-state index in [0.29, 0.717) is 6.42 Å². The maximum atomic E-state index is 12.0. The van der Waals surface area contributed by atoms with Gasteiger partial charge in [0.15, 0.2) is 0 Å². The molecule has 6 nitrogen and oxygen atoms in total. The molecular formula is C24H44NaO6. The fourth-order valence-corrected chi connectivity index (χ4v) is 3.68. The number of ketones is 2. The van der Waals surface area contributed by atoms with Gasteiger partial charge in [0.25, 0.3) is 0 Å². The van der Waals surface area contributed by atoms with Crippen molar-refractivity contribution in [1.82, 2.24) is 0 Å². The van der Waals surface area contributed by atoms with E-state index in [4.69, 9.17) is 5.11 Å². The van der Waals surface area contributed by atoms with E-state index in [-0.39, 0.29) is 36.0 Å². The van der Waals surface area contributed by atoms with Crippen molar-refractivity contribution in [2.45, 2.75) is 135 Å². The number of Topliss-reactive ketones (excluding diaryl/α,β-unsaturated/α-hetero) is 2. The first-order valence-corrected chi connectivity index (χ1v) is 12.0. The second kappa shape index (κ2) is 20.3. The quantitative estimate of drug-likeness (QED) is 0.134. The van der Waals surface area contributed by atoms with E-state index in [1.54, 1.807) is 0 Å². The molecule has 0 saturated carbocycles. The topological polar surface area (TPSA) is 112 Å². The van der Waals surface area contributed by atoms with E-state index in [9.17, 15) is 24.6 Å². The average Bonchev–Trinajstić information content (AvgIpc) is 2.69. The minimum Gasteiger partial charge on any atom is -0.479 e. The van der Waals surface area contributed by atoms with Gasteiger partial charge in [-0.15, -0.1) is 0 Å². The van der Waals surface area contributed by atoms with Crippen molar-refractivity contribution in [3.63, 3.8) is 0 Å². The van der Waals surface area contributed by atoms with Crippen LogP contribution in [0.2, 0.25) is 0 Å². The molecule has 1 radical (unpaired) electrons. The number of unbranched alkanes of at least 4 members (excludes halogenated alkanes) is 14. The van der Waals surface area contributed by atoms with Crippen LogP contribution in [0.15, 0.2) is 0 Å². The molecule has 177 valence electrons. The van der Waals surface area contributed by atoms with Crippen LogP contribution in [0.3, 0.4) is 0 Å². The largest absolute Gasteiger partial charge is 0.479 e. The van der Waals surface area contributed by atoms with Crippen LogP contribution in [-0.2, 0) is 14.4 Å². The Kier molecular flexibility index (Phi) is 21.6. The molecule has 0 fully saturated rings. The summed E-state index contributed by atoms with van der Waals surface area (Å²) < 4.78 is 0. The fourth-order valence-electron chi connectivity index (χ4n) is 3.68.